The summed E-state index contributed by atoms with van der Waals surface area (Å²) < 4.78 is 10.8. The van der Waals surface area contributed by atoms with Gasteiger partial charge in [-0.3, -0.25) is 4.79 Å². The van der Waals surface area contributed by atoms with Crippen LogP contribution < -0.4 is 0 Å². The van der Waals surface area contributed by atoms with Gasteiger partial charge in [-0.1, -0.05) is 43.2 Å². The molecule has 7 nitrogen and oxygen atoms in total. The van der Waals surface area contributed by atoms with Gasteiger partial charge in [-0.2, -0.15) is 0 Å². The van der Waals surface area contributed by atoms with Crippen LogP contribution in [0.2, 0.25) is 0 Å². The van der Waals surface area contributed by atoms with Crippen molar-refractivity contribution < 1.29 is 34.7 Å². The zero-order valence-corrected chi connectivity index (χ0v) is 16.9. The van der Waals surface area contributed by atoms with E-state index in [1.165, 1.54) is 0 Å². The molecule has 0 amide bonds. The molecule has 1 heterocycles. The molecule has 7 heteroatoms. The van der Waals surface area contributed by atoms with Crippen LogP contribution in [0, 0.1) is 11.3 Å². The molecule has 2 aliphatic rings. The van der Waals surface area contributed by atoms with Gasteiger partial charge in [0, 0.05) is 12.3 Å². The Kier molecular flexibility index (Phi) is 7.73. The summed E-state index contributed by atoms with van der Waals surface area (Å²) in [7, 11) is 0. The SMILES string of the molecule is CC1=CC(=O)CC(C)(C)[C@H]1/C=C/C(C)=C/CO[C@@H]1O[C@H](CO)[C@@H](O)[C@H](O)[C@H]1O. The van der Waals surface area contributed by atoms with Crippen molar-refractivity contribution in [1.29, 1.82) is 0 Å². The Hall–Kier alpha value is -1.35. The molecule has 28 heavy (non-hydrogen) atoms. The first-order chi connectivity index (χ1) is 13.1. The van der Waals surface area contributed by atoms with Gasteiger partial charge in [0.25, 0.3) is 0 Å². The molecule has 0 aromatic rings. The number of aliphatic hydroxyl groups is 4. The van der Waals surface area contributed by atoms with E-state index in [0.29, 0.717) is 6.42 Å². The lowest BCUT2D eigenvalue weighted by Crippen LogP contribution is -2.59. The van der Waals surface area contributed by atoms with Crippen LogP contribution in [-0.2, 0) is 14.3 Å². The fraction of sp³-hybridized carbons (Fsp3) is 0.667. The van der Waals surface area contributed by atoms with Gasteiger partial charge >= 0.3 is 0 Å². The van der Waals surface area contributed by atoms with E-state index in [1.54, 1.807) is 12.2 Å². The molecule has 0 radical (unpaired) electrons. The first-order valence-corrected chi connectivity index (χ1v) is 9.55. The minimum Gasteiger partial charge on any atom is -0.394 e. The van der Waals surface area contributed by atoms with Crippen LogP contribution in [-0.4, -0.2) is 70.1 Å². The van der Waals surface area contributed by atoms with Gasteiger partial charge in [0.1, 0.15) is 24.4 Å². The number of hydrogen-bond acceptors (Lipinski definition) is 7. The summed E-state index contributed by atoms with van der Waals surface area (Å²) in [6.07, 6.45) is 1.69. The molecular weight excluding hydrogens is 364 g/mol. The smallest absolute Gasteiger partial charge is 0.187 e. The molecule has 0 aromatic carbocycles. The minimum atomic E-state index is -1.45. The van der Waals surface area contributed by atoms with E-state index in [9.17, 15) is 25.2 Å². The van der Waals surface area contributed by atoms with Crippen LogP contribution >= 0.6 is 0 Å². The van der Waals surface area contributed by atoms with E-state index in [4.69, 9.17) is 9.47 Å². The lowest BCUT2D eigenvalue weighted by atomic mass is 9.68. The molecule has 158 valence electrons. The average molecular weight is 396 g/mol. The molecule has 2 rings (SSSR count). The molecule has 1 fully saturated rings. The third-order valence-corrected chi connectivity index (χ3v) is 5.42. The predicted molar refractivity (Wildman–Crippen MR) is 103 cm³/mol. The lowest BCUT2D eigenvalue weighted by molar-refractivity contribution is -0.298. The molecule has 1 aliphatic heterocycles. The van der Waals surface area contributed by atoms with Crippen molar-refractivity contribution >= 4 is 5.78 Å². The highest BCUT2D eigenvalue weighted by molar-refractivity contribution is 5.92. The predicted octanol–water partition coefficient (Wildman–Crippen LogP) is 0.867. The Bertz CT molecular complexity index is 647. The molecule has 0 saturated carbocycles. The second-order valence-corrected chi connectivity index (χ2v) is 8.34. The van der Waals surface area contributed by atoms with Crippen LogP contribution in [0.5, 0.6) is 0 Å². The number of ketones is 1. The number of hydrogen-bond donors (Lipinski definition) is 4. The third-order valence-electron chi connectivity index (χ3n) is 5.42. The number of carbonyl (C=O) groups excluding carboxylic acids is 1. The van der Waals surface area contributed by atoms with Crippen LogP contribution in [0.15, 0.2) is 35.5 Å². The first-order valence-electron chi connectivity index (χ1n) is 9.55. The number of ether oxygens (including phenoxy) is 2. The Morgan fingerprint density at radius 3 is 2.57 bits per heavy atom. The van der Waals surface area contributed by atoms with Crippen molar-refractivity contribution in [3.8, 4) is 0 Å². The lowest BCUT2D eigenvalue weighted by Gasteiger charge is -2.39. The van der Waals surface area contributed by atoms with Crippen LogP contribution in [0.25, 0.3) is 0 Å². The quantitative estimate of drug-likeness (QED) is 0.492. The number of carbonyl (C=O) groups is 1. The first kappa shape index (κ1) is 22.9. The Morgan fingerprint density at radius 1 is 1.29 bits per heavy atom. The summed E-state index contributed by atoms with van der Waals surface area (Å²) in [4.78, 5) is 11.8. The molecule has 0 unspecified atom stereocenters. The van der Waals surface area contributed by atoms with E-state index in [2.05, 4.69) is 19.9 Å². The van der Waals surface area contributed by atoms with E-state index < -0.39 is 37.3 Å². The molecule has 1 aliphatic carbocycles. The van der Waals surface area contributed by atoms with Crippen molar-refractivity contribution in [2.24, 2.45) is 11.3 Å². The maximum Gasteiger partial charge on any atom is 0.187 e. The Labute approximate surface area is 166 Å². The van der Waals surface area contributed by atoms with Crippen molar-refractivity contribution in [1.82, 2.24) is 0 Å². The number of allylic oxidation sites excluding steroid dienone is 5. The highest BCUT2D eigenvalue weighted by atomic mass is 16.7. The second-order valence-electron chi connectivity index (χ2n) is 8.34. The summed E-state index contributed by atoms with van der Waals surface area (Å²) in [6.45, 7) is 7.67. The van der Waals surface area contributed by atoms with Gasteiger partial charge in [-0.15, -0.1) is 0 Å². The summed E-state index contributed by atoms with van der Waals surface area (Å²) in [5.74, 6) is 0.326. The fourth-order valence-electron chi connectivity index (χ4n) is 3.78. The van der Waals surface area contributed by atoms with Gasteiger partial charge in [0.2, 0.25) is 0 Å². The maximum absolute atomic E-state index is 11.8. The van der Waals surface area contributed by atoms with E-state index in [0.717, 1.165) is 11.1 Å². The summed E-state index contributed by atoms with van der Waals surface area (Å²) in [5.41, 5.74) is 1.84. The Morgan fingerprint density at radius 2 is 1.96 bits per heavy atom. The Balaban J connectivity index is 1.95. The van der Waals surface area contributed by atoms with Crippen molar-refractivity contribution in [2.75, 3.05) is 13.2 Å². The summed E-state index contributed by atoms with van der Waals surface area (Å²) in [6, 6.07) is 0. The van der Waals surface area contributed by atoms with Gasteiger partial charge < -0.3 is 29.9 Å². The normalized spacial score (nSPS) is 36.6. The molecule has 6 atom stereocenters. The zero-order chi connectivity index (χ0) is 21.1. The molecule has 1 saturated heterocycles. The van der Waals surface area contributed by atoms with Gasteiger partial charge in [-0.25, -0.2) is 0 Å². The topological polar surface area (TPSA) is 116 Å². The molecule has 0 spiro atoms. The van der Waals surface area contributed by atoms with Gasteiger partial charge in [0.15, 0.2) is 12.1 Å². The highest BCUT2D eigenvalue weighted by Gasteiger charge is 2.43. The van der Waals surface area contributed by atoms with E-state index in [-0.39, 0.29) is 23.7 Å². The zero-order valence-electron chi connectivity index (χ0n) is 16.9. The van der Waals surface area contributed by atoms with E-state index in [1.807, 2.05) is 19.9 Å². The van der Waals surface area contributed by atoms with Crippen molar-refractivity contribution in [3.63, 3.8) is 0 Å². The van der Waals surface area contributed by atoms with E-state index >= 15 is 0 Å². The fourth-order valence-corrected chi connectivity index (χ4v) is 3.78. The summed E-state index contributed by atoms with van der Waals surface area (Å²) in [5, 5.41) is 38.7. The van der Waals surface area contributed by atoms with Gasteiger partial charge in [0.05, 0.1) is 13.2 Å². The number of rotatable bonds is 6. The average Bonchev–Trinajstić information content (AvgIpc) is 2.60. The highest BCUT2D eigenvalue weighted by Crippen LogP contribution is 2.40. The standard InChI is InChI=1S/C21H32O7/c1-12(5-6-15-13(2)9-14(23)10-21(15,3)4)7-8-27-20-19(26)18(25)17(24)16(11-22)28-20/h5-7,9,15-20,22,24-26H,8,10-11H2,1-4H3/b6-5+,12-7+/t15-,16+,17+,18-,19+,20+/m0/s1. The van der Waals surface area contributed by atoms with Crippen molar-refractivity contribution in [3.05, 3.63) is 35.5 Å². The maximum atomic E-state index is 11.8. The third kappa shape index (κ3) is 5.37. The molecule has 0 bridgehead atoms. The molecule has 0 aromatic heterocycles. The van der Waals surface area contributed by atoms with Crippen LogP contribution in [0.4, 0.5) is 0 Å². The largest absolute Gasteiger partial charge is 0.394 e. The van der Waals surface area contributed by atoms with Gasteiger partial charge in [-0.05, 0) is 25.3 Å². The van der Waals surface area contributed by atoms with Crippen LogP contribution in [0.1, 0.15) is 34.1 Å². The summed E-state index contributed by atoms with van der Waals surface area (Å²) >= 11 is 0. The second kappa shape index (κ2) is 9.43. The molecule has 4 N–H and O–H groups in total. The minimum absolute atomic E-state index is 0.125. The number of aliphatic hydroxyl groups excluding tert-OH is 4. The van der Waals surface area contributed by atoms with Crippen molar-refractivity contribution in [2.45, 2.75) is 64.8 Å². The van der Waals surface area contributed by atoms with Crippen LogP contribution in [0.3, 0.4) is 0 Å². The monoisotopic (exact) mass is 396 g/mol. The molecular formula is C21H32O7.